The highest BCUT2D eigenvalue weighted by molar-refractivity contribution is 5.95. The molecule has 1 atom stereocenters. The van der Waals surface area contributed by atoms with E-state index in [1.807, 2.05) is 16.8 Å². The molecule has 1 saturated heterocycles. The van der Waals surface area contributed by atoms with E-state index in [-0.39, 0.29) is 23.8 Å². The number of carbonyl (C=O) groups is 2. The van der Waals surface area contributed by atoms with Crippen molar-refractivity contribution in [3.05, 3.63) is 47.5 Å². The summed E-state index contributed by atoms with van der Waals surface area (Å²) in [6, 6.07) is 3.73. The summed E-state index contributed by atoms with van der Waals surface area (Å²) in [6.45, 7) is 2.30. The van der Waals surface area contributed by atoms with Crippen molar-refractivity contribution in [2.45, 2.75) is 38.4 Å². The Balaban J connectivity index is 1.34. The maximum atomic E-state index is 12.5. The highest BCUT2D eigenvalue weighted by atomic mass is 16.5. The molecule has 2 aromatic rings. The molecule has 142 valence electrons. The van der Waals surface area contributed by atoms with Crippen molar-refractivity contribution in [2.75, 3.05) is 13.2 Å². The van der Waals surface area contributed by atoms with Crippen molar-refractivity contribution in [1.82, 2.24) is 25.4 Å². The molecule has 8 nitrogen and oxygen atoms in total. The zero-order valence-electron chi connectivity index (χ0n) is 15.1. The number of ether oxygens (including phenoxy) is 1. The van der Waals surface area contributed by atoms with Crippen molar-refractivity contribution in [2.24, 2.45) is 5.92 Å². The second-order valence-electron chi connectivity index (χ2n) is 7.03. The van der Waals surface area contributed by atoms with Crippen LogP contribution in [0.3, 0.4) is 0 Å². The third-order valence-electron chi connectivity index (χ3n) is 5.14. The molecular formula is C19H23N5O3. The van der Waals surface area contributed by atoms with Gasteiger partial charge in [-0.1, -0.05) is 6.07 Å². The SMILES string of the molecule is O=C(NCc1cccnc1)c1cnn2c1C[C@H](NC(=O)C1CCOCC1)C2. The minimum Gasteiger partial charge on any atom is -0.381 e. The Hall–Kier alpha value is -2.74. The van der Waals surface area contributed by atoms with Gasteiger partial charge in [0.1, 0.15) is 0 Å². The first-order chi connectivity index (χ1) is 13.2. The standard InChI is InChI=1S/C19H23N5O3/c25-18(14-3-6-27-7-4-14)23-15-8-17-16(11-22-24(17)12-15)19(26)21-10-13-2-1-5-20-9-13/h1-2,5,9,11,14-15H,3-4,6-8,10,12H2,(H,21,26)(H,23,25)/t15-/m0/s1. The van der Waals surface area contributed by atoms with Gasteiger partial charge in [0.2, 0.25) is 5.91 Å². The second kappa shape index (κ2) is 7.87. The summed E-state index contributed by atoms with van der Waals surface area (Å²) in [4.78, 5) is 29.0. The molecule has 2 aliphatic rings. The lowest BCUT2D eigenvalue weighted by molar-refractivity contribution is -0.128. The van der Waals surface area contributed by atoms with E-state index in [9.17, 15) is 9.59 Å². The van der Waals surface area contributed by atoms with E-state index in [0.717, 1.165) is 24.1 Å². The van der Waals surface area contributed by atoms with Gasteiger partial charge in [0, 0.05) is 44.5 Å². The molecule has 2 aromatic heterocycles. The van der Waals surface area contributed by atoms with Gasteiger partial charge in [-0.3, -0.25) is 19.3 Å². The summed E-state index contributed by atoms with van der Waals surface area (Å²) in [5.41, 5.74) is 2.38. The minimum absolute atomic E-state index is 0.0195. The molecule has 0 radical (unpaired) electrons. The molecule has 0 spiro atoms. The number of nitrogens with one attached hydrogen (secondary N) is 2. The van der Waals surface area contributed by atoms with Crippen molar-refractivity contribution < 1.29 is 14.3 Å². The average molecular weight is 369 g/mol. The first-order valence-electron chi connectivity index (χ1n) is 9.30. The van der Waals surface area contributed by atoms with Gasteiger partial charge < -0.3 is 15.4 Å². The number of nitrogens with zero attached hydrogens (tertiary/aromatic N) is 3. The van der Waals surface area contributed by atoms with Crippen LogP contribution in [-0.2, 0) is 29.0 Å². The third kappa shape index (κ3) is 4.00. The molecule has 2 amide bonds. The summed E-state index contributed by atoms with van der Waals surface area (Å²) in [7, 11) is 0. The Morgan fingerprint density at radius 2 is 2.11 bits per heavy atom. The second-order valence-corrected chi connectivity index (χ2v) is 7.03. The molecule has 0 aromatic carbocycles. The van der Waals surface area contributed by atoms with Gasteiger partial charge in [-0.2, -0.15) is 5.10 Å². The molecule has 2 aliphatic heterocycles. The molecule has 0 aliphatic carbocycles. The van der Waals surface area contributed by atoms with Crippen molar-refractivity contribution in [1.29, 1.82) is 0 Å². The van der Waals surface area contributed by atoms with E-state index in [1.165, 1.54) is 0 Å². The number of pyridine rings is 1. The lowest BCUT2D eigenvalue weighted by atomic mass is 9.99. The van der Waals surface area contributed by atoms with E-state index < -0.39 is 0 Å². The van der Waals surface area contributed by atoms with Gasteiger partial charge >= 0.3 is 0 Å². The molecule has 4 rings (SSSR count). The molecule has 0 saturated carbocycles. The van der Waals surface area contributed by atoms with Gasteiger partial charge in [-0.25, -0.2) is 0 Å². The molecule has 27 heavy (non-hydrogen) atoms. The van der Waals surface area contributed by atoms with Crippen LogP contribution in [0.5, 0.6) is 0 Å². The largest absolute Gasteiger partial charge is 0.381 e. The Morgan fingerprint density at radius 3 is 2.89 bits per heavy atom. The van der Waals surface area contributed by atoms with Crippen LogP contribution >= 0.6 is 0 Å². The van der Waals surface area contributed by atoms with Gasteiger partial charge in [0.05, 0.1) is 30.0 Å². The molecule has 1 fully saturated rings. The van der Waals surface area contributed by atoms with Crippen LogP contribution in [0.2, 0.25) is 0 Å². The molecule has 0 bridgehead atoms. The Kier molecular flexibility index (Phi) is 5.15. The van der Waals surface area contributed by atoms with Crippen LogP contribution in [0.4, 0.5) is 0 Å². The van der Waals surface area contributed by atoms with E-state index in [4.69, 9.17) is 4.74 Å². The normalized spacial score (nSPS) is 19.5. The summed E-state index contributed by atoms with van der Waals surface area (Å²) in [5.74, 6) is -0.0536. The number of hydrogen-bond acceptors (Lipinski definition) is 5. The third-order valence-corrected chi connectivity index (χ3v) is 5.14. The van der Waals surface area contributed by atoms with Crippen LogP contribution in [0.1, 0.15) is 34.5 Å². The van der Waals surface area contributed by atoms with Crippen molar-refractivity contribution in [3.63, 3.8) is 0 Å². The fourth-order valence-corrected chi connectivity index (χ4v) is 3.64. The van der Waals surface area contributed by atoms with Gasteiger partial charge in [0.15, 0.2) is 0 Å². The summed E-state index contributed by atoms with van der Waals surface area (Å²) >= 11 is 0. The van der Waals surface area contributed by atoms with Crippen LogP contribution in [0.15, 0.2) is 30.7 Å². The monoisotopic (exact) mass is 369 g/mol. The van der Waals surface area contributed by atoms with Crippen molar-refractivity contribution >= 4 is 11.8 Å². The number of aromatic nitrogens is 3. The van der Waals surface area contributed by atoms with Gasteiger partial charge in [0.25, 0.3) is 5.91 Å². The van der Waals surface area contributed by atoms with E-state index in [0.29, 0.717) is 38.3 Å². The molecule has 0 unspecified atom stereocenters. The molecule has 8 heteroatoms. The Labute approximate surface area is 157 Å². The number of amides is 2. The minimum atomic E-state index is -0.156. The Morgan fingerprint density at radius 1 is 1.26 bits per heavy atom. The van der Waals surface area contributed by atoms with E-state index in [1.54, 1.807) is 18.6 Å². The summed E-state index contributed by atoms with van der Waals surface area (Å²) < 4.78 is 7.13. The molecule has 2 N–H and O–H groups in total. The van der Waals surface area contributed by atoms with Crippen LogP contribution in [-0.4, -0.2) is 45.8 Å². The average Bonchev–Trinajstić information content (AvgIpc) is 3.27. The van der Waals surface area contributed by atoms with E-state index >= 15 is 0 Å². The summed E-state index contributed by atoms with van der Waals surface area (Å²) in [5, 5.41) is 10.3. The number of hydrogen-bond donors (Lipinski definition) is 2. The van der Waals surface area contributed by atoms with E-state index in [2.05, 4.69) is 20.7 Å². The first-order valence-corrected chi connectivity index (χ1v) is 9.30. The highest BCUT2D eigenvalue weighted by Gasteiger charge is 2.30. The molecule has 4 heterocycles. The highest BCUT2D eigenvalue weighted by Crippen LogP contribution is 2.21. The first kappa shape index (κ1) is 17.7. The van der Waals surface area contributed by atoms with Gasteiger partial charge in [-0.05, 0) is 24.5 Å². The van der Waals surface area contributed by atoms with Crippen LogP contribution < -0.4 is 10.6 Å². The maximum Gasteiger partial charge on any atom is 0.255 e. The van der Waals surface area contributed by atoms with Gasteiger partial charge in [-0.15, -0.1) is 0 Å². The lowest BCUT2D eigenvalue weighted by Gasteiger charge is -2.23. The molecular weight excluding hydrogens is 346 g/mol. The predicted molar refractivity (Wildman–Crippen MR) is 96.8 cm³/mol. The zero-order chi connectivity index (χ0) is 18.6. The fourth-order valence-electron chi connectivity index (χ4n) is 3.64. The topological polar surface area (TPSA) is 98.1 Å². The summed E-state index contributed by atoms with van der Waals surface area (Å²) in [6.07, 6.45) is 7.18. The lowest BCUT2D eigenvalue weighted by Crippen LogP contribution is -2.41. The Bertz CT molecular complexity index is 814. The predicted octanol–water partition coefficient (Wildman–Crippen LogP) is 0.676. The maximum absolute atomic E-state index is 12.5. The smallest absolute Gasteiger partial charge is 0.255 e. The zero-order valence-corrected chi connectivity index (χ0v) is 15.1. The number of rotatable bonds is 5. The quantitative estimate of drug-likeness (QED) is 0.807. The number of carbonyl (C=O) groups excluding carboxylic acids is 2. The number of fused-ring (bicyclic) bond motifs is 1. The van der Waals surface area contributed by atoms with Crippen LogP contribution in [0, 0.1) is 5.92 Å². The fraction of sp³-hybridized carbons (Fsp3) is 0.474. The van der Waals surface area contributed by atoms with Crippen LogP contribution in [0.25, 0.3) is 0 Å². The van der Waals surface area contributed by atoms with Crippen molar-refractivity contribution in [3.8, 4) is 0 Å².